The summed E-state index contributed by atoms with van der Waals surface area (Å²) in [7, 11) is 9.98. The number of carbonyl (C=O) groups is 2. The van der Waals surface area contributed by atoms with E-state index in [0.717, 1.165) is 53.0 Å². The van der Waals surface area contributed by atoms with Crippen LogP contribution in [0.15, 0.2) is 71.4 Å². The van der Waals surface area contributed by atoms with Gasteiger partial charge in [-0.1, -0.05) is 53.7 Å². The molecule has 0 saturated carbocycles. The van der Waals surface area contributed by atoms with Crippen molar-refractivity contribution < 1.29 is 14.1 Å². The van der Waals surface area contributed by atoms with E-state index in [1.165, 1.54) is 0 Å². The van der Waals surface area contributed by atoms with Gasteiger partial charge in [0.2, 0.25) is 0 Å². The molecule has 0 unspecified atom stereocenters. The Morgan fingerprint density at radius 1 is 0.841 bits per heavy atom. The number of nitrogens with zero attached hydrogens (tertiary/aromatic N) is 5. The molecule has 2 heterocycles. The van der Waals surface area contributed by atoms with E-state index in [1.807, 2.05) is 76.5 Å². The maximum atomic E-state index is 13.9. The number of amides is 2. The number of anilines is 1. The molecule has 0 aliphatic heterocycles. The van der Waals surface area contributed by atoms with Crippen molar-refractivity contribution in [3.8, 4) is 11.3 Å². The van der Waals surface area contributed by atoms with Crippen LogP contribution in [0.3, 0.4) is 0 Å². The van der Waals surface area contributed by atoms with E-state index >= 15 is 0 Å². The Kier molecular flexibility index (Phi) is 9.46. The Bertz CT molecular complexity index is 1720. The van der Waals surface area contributed by atoms with E-state index < -0.39 is 0 Å². The highest BCUT2D eigenvalue weighted by molar-refractivity contribution is 6.17. The molecule has 0 aliphatic carbocycles. The topological polar surface area (TPSA) is 86.8 Å². The van der Waals surface area contributed by atoms with Gasteiger partial charge in [-0.05, 0) is 94.7 Å². The van der Waals surface area contributed by atoms with E-state index in [9.17, 15) is 9.59 Å². The van der Waals surface area contributed by atoms with Crippen LogP contribution in [0.25, 0.3) is 32.8 Å². The lowest BCUT2D eigenvalue weighted by Crippen LogP contribution is -2.36. The quantitative estimate of drug-likeness (QED) is 0.181. The second-order valence-corrected chi connectivity index (χ2v) is 11.9. The highest BCUT2D eigenvalue weighted by Crippen LogP contribution is 2.38. The second kappa shape index (κ2) is 13.4. The third kappa shape index (κ3) is 6.69. The minimum Gasteiger partial charge on any atom is -0.360 e. The molecule has 0 aliphatic rings. The van der Waals surface area contributed by atoms with Gasteiger partial charge in [0, 0.05) is 31.9 Å². The summed E-state index contributed by atoms with van der Waals surface area (Å²) in [5, 5.41) is 11.5. The average Bonchev–Trinajstić information content (AvgIpc) is 3.55. The van der Waals surface area contributed by atoms with Gasteiger partial charge in [0.25, 0.3) is 11.8 Å². The zero-order valence-corrected chi connectivity index (χ0v) is 26.6. The largest absolute Gasteiger partial charge is 0.360 e. The van der Waals surface area contributed by atoms with E-state index in [1.54, 1.807) is 23.8 Å². The van der Waals surface area contributed by atoms with Crippen molar-refractivity contribution in [2.45, 2.75) is 19.8 Å². The lowest BCUT2D eigenvalue weighted by molar-refractivity contribution is 0.0735. The first kappa shape index (κ1) is 31.0. The van der Waals surface area contributed by atoms with Gasteiger partial charge in [0.15, 0.2) is 0 Å². The first-order valence-corrected chi connectivity index (χ1v) is 15.1. The maximum Gasteiger partial charge on any atom is 0.270 e. The smallest absolute Gasteiger partial charge is 0.270 e. The van der Waals surface area contributed by atoms with Crippen LogP contribution in [0.1, 0.15) is 39.4 Å². The van der Waals surface area contributed by atoms with Crippen molar-refractivity contribution in [3.63, 3.8) is 0 Å². The molecule has 5 aromatic rings. The Labute approximate surface area is 259 Å². The Morgan fingerprint density at radius 3 is 1.98 bits per heavy atom. The molecule has 0 fully saturated rings. The summed E-state index contributed by atoms with van der Waals surface area (Å²) in [5.41, 5.74) is 2.79. The van der Waals surface area contributed by atoms with Crippen molar-refractivity contribution in [2.75, 3.05) is 59.7 Å². The van der Waals surface area contributed by atoms with Crippen LogP contribution in [-0.2, 0) is 7.05 Å². The third-order valence-electron chi connectivity index (χ3n) is 7.93. The summed E-state index contributed by atoms with van der Waals surface area (Å²) in [5.74, 6) is 0.0403. The second-order valence-electron chi connectivity index (χ2n) is 11.9. The molecule has 2 aromatic heterocycles. The fourth-order valence-electron chi connectivity index (χ4n) is 5.75. The molecular formula is C35H42N6O3. The summed E-state index contributed by atoms with van der Waals surface area (Å²) in [6, 6.07) is 20.1. The summed E-state index contributed by atoms with van der Waals surface area (Å²) in [6.07, 6.45) is 3.54. The molecule has 230 valence electrons. The van der Waals surface area contributed by atoms with Gasteiger partial charge < -0.3 is 29.1 Å². The van der Waals surface area contributed by atoms with Gasteiger partial charge in [-0.2, -0.15) is 0 Å². The van der Waals surface area contributed by atoms with Crippen molar-refractivity contribution in [2.24, 2.45) is 7.05 Å². The van der Waals surface area contributed by atoms with Crippen LogP contribution in [0.5, 0.6) is 0 Å². The first-order chi connectivity index (χ1) is 21.1. The minimum atomic E-state index is -0.339. The average molecular weight is 595 g/mol. The normalized spacial score (nSPS) is 11.6. The lowest BCUT2D eigenvalue weighted by Gasteiger charge is -2.24. The summed E-state index contributed by atoms with van der Waals surface area (Å²) in [6.45, 7) is 4.88. The number of hydrogen-bond acceptors (Lipinski definition) is 6. The van der Waals surface area contributed by atoms with Gasteiger partial charge in [-0.15, -0.1) is 0 Å². The highest BCUT2D eigenvalue weighted by Gasteiger charge is 2.26. The van der Waals surface area contributed by atoms with E-state index in [4.69, 9.17) is 4.52 Å². The molecule has 2 amide bonds. The van der Waals surface area contributed by atoms with E-state index in [-0.39, 0.29) is 11.8 Å². The molecule has 1 N–H and O–H groups in total. The van der Waals surface area contributed by atoms with Crippen LogP contribution in [0, 0.1) is 6.92 Å². The number of hydrogen-bond donors (Lipinski definition) is 1. The first-order valence-electron chi connectivity index (χ1n) is 15.1. The zero-order valence-electron chi connectivity index (χ0n) is 26.6. The van der Waals surface area contributed by atoms with Crippen LogP contribution in [0.2, 0.25) is 0 Å². The molecule has 0 saturated heterocycles. The monoisotopic (exact) mass is 594 g/mol. The standard InChI is InChI=1S/C35H42N6O3/c1-24-31(33(37-44-24)32-28-15-9-7-13-25(28)21-26-14-8-10-16-29(26)32)34(42)36-27-22-30(40(6)23-27)35(43)41(19-11-17-38(2)3)20-12-18-39(4)5/h7-10,13-16,21-23H,11-12,17-20H2,1-6H3,(H,36,42). The molecular weight excluding hydrogens is 552 g/mol. The number of benzene rings is 3. The fourth-order valence-corrected chi connectivity index (χ4v) is 5.75. The van der Waals surface area contributed by atoms with Crippen molar-refractivity contribution in [1.29, 1.82) is 0 Å². The molecule has 0 atom stereocenters. The number of fused-ring (bicyclic) bond motifs is 2. The van der Waals surface area contributed by atoms with Crippen molar-refractivity contribution in [3.05, 3.63) is 83.9 Å². The summed E-state index contributed by atoms with van der Waals surface area (Å²) < 4.78 is 7.41. The van der Waals surface area contributed by atoms with Gasteiger partial charge in [0.05, 0.1) is 5.69 Å². The highest BCUT2D eigenvalue weighted by atomic mass is 16.5. The Hall–Kier alpha value is -4.47. The Balaban J connectivity index is 1.43. The summed E-state index contributed by atoms with van der Waals surface area (Å²) in [4.78, 5) is 33.8. The molecule has 0 spiro atoms. The summed E-state index contributed by atoms with van der Waals surface area (Å²) >= 11 is 0. The molecule has 9 nitrogen and oxygen atoms in total. The van der Waals surface area contributed by atoms with Crippen LogP contribution >= 0.6 is 0 Å². The molecule has 44 heavy (non-hydrogen) atoms. The van der Waals surface area contributed by atoms with Gasteiger partial charge in [0.1, 0.15) is 22.7 Å². The molecule has 9 heteroatoms. The lowest BCUT2D eigenvalue weighted by atomic mass is 9.93. The molecule has 0 radical (unpaired) electrons. The van der Waals surface area contributed by atoms with Gasteiger partial charge >= 0.3 is 0 Å². The number of carbonyl (C=O) groups excluding carboxylic acids is 2. The fraction of sp³-hybridized carbons (Fsp3) is 0.343. The van der Waals surface area contributed by atoms with E-state index in [0.29, 0.717) is 41.5 Å². The zero-order chi connectivity index (χ0) is 31.4. The minimum absolute atomic E-state index is 0.0467. The Morgan fingerprint density at radius 2 is 1.41 bits per heavy atom. The molecule has 5 rings (SSSR count). The van der Waals surface area contributed by atoms with Crippen LogP contribution in [0.4, 0.5) is 5.69 Å². The number of rotatable bonds is 12. The van der Waals surface area contributed by atoms with Crippen molar-refractivity contribution in [1.82, 2.24) is 24.4 Å². The number of aryl methyl sites for hydroxylation is 2. The van der Waals surface area contributed by atoms with Gasteiger partial charge in [-0.25, -0.2) is 0 Å². The van der Waals surface area contributed by atoms with Crippen molar-refractivity contribution >= 4 is 39.0 Å². The third-order valence-corrected chi connectivity index (χ3v) is 7.93. The van der Waals surface area contributed by atoms with Crippen LogP contribution in [-0.4, -0.2) is 90.6 Å². The predicted octanol–water partition coefficient (Wildman–Crippen LogP) is 5.89. The maximum absolute atomic E-state index is 13.9. The number of nitrogens with one attached hydrogen (secondary N) is 1. The number of aromatic nitrogens is 2. The molecule has 3 aromatic carbocycles. The SMILES string of the molecule is Cc1onc(-c2c3ccccc3cc3ccccc23)c1C(=O)Nc1cc(C(=O)N(CCCN(C)C)CCCN(C)C)n(C)c1. The molecule has 0 bridgehead atoms. The van der Waals surface area contributed by atoms with Crippen LogP contribution < -0.4 is 5.32 Å². The van der Waals surface area contributed by atoms with E-state index in [2.05, 4.69) is 38.5 Å². The predicted molar refractivity (Wildman–Crippen MR) is 177 cm³/mol. The van der Waals surface area contributed by atoms with Gasteiger partial charge in [-0.3, -0.25) is 9.59 Å².